The van der Waals surface area contributed by atoms with Crippen molar-refractivity contribution in [2.45, 2.75) is 52.9 Å². The molecule has 1 aliphatic rings. The summed E-state index contributed by atoms with van der Waals surface area (Å²) in [4.78, 5) is 14.4. The number of nitrogens with one attached hydrogen (secondary N) is 1. The number of rotatable bonds is 4. The van der Waals surface area contributed by atoms with E-state index in [1.807, 2.05) is 32.0 Å². The molecule has 0 fully saturated rings. The Morgan fingerprint density at radius 2 is 1.74 bits per heavy atom. The molecule has 0 radical (unpaired) electrons. The third kappa shape index (κ3) is 8.93. The highest BCUT2D eigenvalue weighted by molar-refractivity contribution is 5.90. The van der Waals surface area contributed by atoms with Gasteiger partial charge in [0.15, 0.2) is 0 Å². The molecular formula is C28H35F3N2O5. The lowest BCUT2D eigenvalue weighted by atomic mass is 9.92. The number of hydrogen-bond acceptors (Lipinski definition) is 5. The number of ether oxygens (including phenoxy) is 3. The zero-order chi connectivity index (χ0) is 28.3. The van der Waals surface area contributed by atoms with Crippen molar-refractivity contribution in [1.29, 1.82) is 0 Å². The monoisotopic (exact) mass is 536 g/mol. The number of nitrogens with zero attached hydrogens (tertiary/aromatic N) is 1. The van der Waals surface area contributed by atoms with Gasteiger partial charge >= 0.3 is 12.4 Å². The van der Waals surface area contributed by atoms with E-state index in [1.165, 1.54) is 18.6 Å². The molecule has 2 heterocycles. The van der Waals surface area contributed by atoms with Crippen molar-refractivity contribution in [3.8, 4) is 17.2 Å². The number of halogens is 3. The number of amides is 2. The largest absolute Gasteiger partial charge is 0.573 e. The molecule has 2 amide bonds. The predicted molar refractivity (Wildman–Crippen MR) is 140 cm³/mol. The first-order valence-electron chi connectivity index (χ1n) is 12.2. The molecule has 7 nitrogen and oxygen atoms in total. The topological polar surface area (TPSA) is 73.2 Å². The van der Waals surface area contributed by atoms with Crippen molar-refractivity contribution in [1.82, 2.24) is 4.90 Å². The first kappa shape index (κ1) is 30.4. The molecule has 1 atom stereocenters. The van der Waals surface area contributed by atoms with E-state index in [2.05, 4.69) is 23.9 Å². The van der Waals surface area contributed by atoms with E-state index >= 15 is 0 Å². The summed E-state index contributed by atoms with van der Waals surface area (Å²) in [5.41, 5.74) is 2.32. The van der Waals surface area contributed by atoms with E-state index in [1.54, 1.807) is 31.4 Å². The van der Waals surface area contributed by atoms with Gasteiger partial charge in [-0.15, -0.1) is 13.2 Å². The predicted octanol–water partition coefficient (Wildman–Crippen LogP) is 7.76. The number of urea groups is 1. The average molecular weight is 537 g/mol. The second-order valence-electron chi connectivity index (χ2n) is 8.45. The van der Waals surface area contributed by atoms with Gasteiger partial charge in [-0.2, -0.15) is 0 Å². The van der Waals surface area contributed by atoms with E-state index in [4.69, 9.17) is 13.9 Å². The van der Waals surface area contributed by atoms with Gasteiger partial charge in [-0.25, -0.2) is 4.79 Å². The van der Waals surface area contributed by atoms with Crippen LogP contribution in [0.1, 0.15) is 50.1 Å². The number of aryl methyl sites for hydroxylation is 1. The smallest absolute Gasteiger partial charge is 0.497 e. The van der Waals surface area contributed by atoms with E-state index in [0.717, 1.165) is 29.0 Å². The second-order valence-corrected chi connectivity index (χ2v) is 8.45. The number of anilines is 1. The molecule has 1 N–H and O–H groups in total. The number of furan rings is 1. The average Bonchev–Trinajstić information content (AvgIpc) is 3.35. The van der Waals surface area contributed by atoms with Gasteiger partial charge in [-0.1, -0.05) is 20.3 Å². The van der Waals surface area contributed by atoms with E-state index < -0.39 is 6.36 Å². The molecule has 10 heteroatoms. The highest BCUT2D eigenvalue weighted by Crippen LogP contribution is 2.39. The van der Waals surface area contributed by atoms with Crippen LogP contribution in [0.2, 0.25) is 0 Å². The minimum Gasteiger partial charge on any atom is -0.497 e. The van der Waals surface area contributed by atoms with E-state index in [9.17, 15) is 18.0 Å². The Labute approximate surface area is 221 Å². The maximum absolute atomic E-state index is 12.8. The van der Waals surface area contributed by atoms with Crippen LogP contribution in [-0.2, 0) is 6.42 Å². The van der Waals surface area contributed by atoms with Gasteiger partial charge in [0.2, 0.25) is 0 Å². The summed E-state index contributed by atoms with van der Waals surface area (Å²) < 4.78 is 56.2. The van der Waals surface area contributed by atoms with Crippen LogP contribution in [0, 0.1) is 6.92 Å². The zero-order valence-electron chi connectivity index (χ0n) is 22.5. The maximum atomic E-state index is 12.8. The Morgan fingerprint density at radius 1 is 1.08 bits per heavy atom. The van der Waals surface area contributed by atoms with Crippen molar-refractivity contribution in [3.05, 3.63) is 71.7 Å². The van der Waals surface area contributed by atoms with Crippen LogP contribution in [0.3, 0.4) is 0 Å². The van der Waals surface area contributed by atoms with Gasteiger partial charge < -0.3 is 28.8 Å². The number of benzene rings is 2. The van der Waals surface area contributed by atoms with Gasteiger partial charge in [0, 0.05) is 23.9 Å². The second kappa shape index (κ2) is 14.2. The molecule has 0 saturated heterocycles. The summed E-state index contributed by atoms with van der Waals surface area (Å²) in [6.45, 7) is 8.54. The summed E-state index contributed by atoms with van der Waals surface area (Å²) in [6.07, 6.45) is -1.22. The van der Waals surface area contributed by atoms with Gasteiger partial charge in [-0.05, 0) is 68.3 Å². The fourth-order valence-electron chi connectivity index (χ4n) is 3.79. The number of carbonyl (C=O) groups is 1. The molecule has 1 unspecified atom stereocenters. The SMILES string of the molecule is CCC.COc1cc2c(c(OC)c1)C(C)N(C(=O)Nc1ccc(OC(F)(F)F)cc1)CC2.Cc1ccco1. The van der Waals surface area contributed by atoms with Crippen molar-refractivity contribution in [2.24, 2.45) is 0 Å². The number of carbonyl (C=O) groups excluding carboxylic acids is 1. The molecular weight excluding hydrogens is 501 g/mol. The van der Waals surface area contributed by atoms with Crippen molar-refractivity contribution in [2.75, 3.05) is 26.1 Å². The van der Waals surface area contributed by atoms with Crippen LogP contribution in [0.25, 0.3) is 0 Å². The third-order valence-electron chi connectivity index (χ3n) is 5.43. The Kier molecular flexibility index (Phi) is 11.4. The van der Waals surface area contributed by atoms with Crippen LogP contribution in [0.4, 0.5) is 23.7 Å². The molecule has 0 spiro atoms. The molecule has 38 heavy (non-hydrogen) atoms. The first-order chi connectivity index (χ1) is 18.0. The summed E-state index contributed by atoms with van der Waals surface area (Å²) >= 11 is 0. The van der Waals surface area contributed by atoms with Gasteiger partial charge in [0.1, 0.15) is 23.0 Å². The summed E-state index contributed by atoms with van der Waals surface area (Å²) in [5.74, 6) is 1.94. The van der Waals surface area contributed by atoms with E-state index in [0.29, 0.717) is 30.2 Å². The molecule has 208 valence electrons. The van der Waals surface area contributed by atoms with Crippen LogP contribution < -0.4 is 19.5 Å². The molecule has 1 aliphatic heterocycles. The molecule has 4 rings (SSSR count). The molecule has 0 aliphatic carbocycles. The molecule has 3 aromatic rings. The fourth-order valence-corrected chi connectivity index (χ4v) is 3.79. The van der Waals surface area contributed by atoms with Gasteiger partial charge in [0.25, 0.3) is 0 Å². The van der Waals surface area contributed by atoms with Crippen LogP contribution in [0.15, 0.2) is 59.2 Å². The van der Waals surface area contributed by atoms with Gasteiger partial charge in [-0.3, -0.25) is 0 Å². The van der Waals surface area contributed by atoms with Crippen molar-refractivity contribution < 1.29 is 36.6 Å². The molecule has 2 aromatic carbocycles. The molecule has 0 bridgehead atoms. The fraction of sp³-hybridized carbons (Fsp3) is 0.393. The summed E-state index contributed by atoms with van der Waals surface area (Å²) in [7, 11) is 3.14. The Balaban J connectivity index is 0.000000480. The summed E-state index contributed by atoms with van der Waals surface area (Å²) in [6, 6.07) is 11.9. The van der Waals surface area contributed by atoms with Crippen LogP contribution in [-0.4, -0.2) is 38.1 Å². The Morgan fingerprint density at radius 3 is 2.21 bits per heavy atom. The van der Waals surface area contributed by atoms with Crippen molar-refractivity contribution >= 4 is 11.7 Å². The zero-order valence-corrected chi connectivity index (χ0v) is 22.5. The number of fused-ring (bicyclic) bond motifs is 1. The quantitative estimate of drug-likeness (QED) is 0.369. The lowest BCUT2D eigenvalue weighted by Gasteiger charge is -2.36. The van der Waals surface area contributed by atoms with E-state index in [-0.39, 0.29) is 17.8 Å². The Bertz CT molecular complexity index is 1120. The van der Waals surface area contributed by atoms with Gasteiger partial charge in [0.05, 0.1) is 26.5 Å². The lowest BCUT2D eigenvalue weighted by molar-refractivity contribution is -0.274. The van der Waals surface area contributed by atoms with Crippen LogP contribution in [0.5, 0.6) is 17.2 Å². The maximum Gasteiger partial charge on any atom is 0.573 e. The molecule has 1 aromatic heterocycles. The number of methoxy groups -OCH3 is 2. The number of alkyl halides is 3. The first-order valence-corrected chi connectivity index (χ1v) is 12.2. The number of hydrogen-bond donors (Lipinski definition) is 1. The minimum absolute atomic E-state index is 0.257. The van der Waals surface area contributed by atoms with Crippen LogP contribution >= 0.6 is 0 Å². The lowest BCUT2D eigenvalue weighted by Crippen LogP contribution is -2.41. The Hall–Kier alpha value is -3.82. The highest BCUT2D eigenvalue weighted by Gasteiger charge is 2.32. The summed E-state index contributed by atoms with van der Waals surface area (Å²) in [5, 5.41) is 2.71. The third-order valence-corrected chi connectivity index (χ3v) is 5.43. The normalized spacial score (nSPS) is 14.1. The standard InChI is InChI=1S/C20H21F3N2O4.C5H6O.C3H8/c1-12-18-13(10-16(27-2)11-17(18)28-3)8-9-25(12)19(26)24-14-4-6-15(7-5-14)29-20(21,22)23;1-5-3-2-4-6-5;1-3-2/h4-7,10-12H,8-9H2,1-3H3,(H,24,26);2-4H,1H3;3H2,1-2H3. The molecule has 0 saturated carbocycles. The van der Waals surface area contributed by atoms with Crippen molar-refractivity contribution in [3.63, 3.8) is 0 Å². The minimum atomic E-state index is -4.76. The highest BCUT2D eigenvalue weighted by atomic mass is 19.4.